The Balaban J connectivity index is 1.15. The second kappa shape index (κ2) is 7.04. The monoisotopic (exact) mass is 368 g/mol. The molecule has 3 aliphatic rings. The van der Waals surface area contributed by atoms with Gasteiger partial charge in [-0.05, 0) is 29.5 Å². The molecule has 2 aromatic rings. The summed E-state index contributed by atoms with van der Waals surface area (Å²) in [6.07, 6.45) is 2.94. The van der Waals surface area contributed by atoms with Crippen LogP contribution in [0.15, 0.2) is 30.5 Å². The smallest absolute Gasteiger partial charge is 0.151 e. The van der Waals surface area contributed by atoms with Crippen LogP contribution in [0, 0.1) is 0 Å². The Bertz CT molecular complexity index is 756. The van der Waals surface area contributed by atoms with Crippen LogP contribution >= 0.6 is 11.8 Å². The molecule has 0 N–H and O–H groups in total. The molecule has 5 heterocycles. The zero-order valence-corrected chi connectivity index (χ0v) is 15.7. The standard InChI is InChI=1S/C19H24N6S/c1-2-5-20-18(3-1)24-8-6-23(7-9-24)16-12-25(13-16)19-11-15-14-26-10-4-17(15)21-22-19/h1-3,5,11,16H,4,6-10,12-14H2. The summed E-state index contributed by atoms with van der Waals surface area (Å²) in [6.45, 7) is 6.49. The fourth-order valence-electron chi connectivity index (χ4n) is 4.02. The SMILES string of the molecule is c1ccc(N2CCN(C3CN(c4cc5c(nn4)CCSC5)C3)CC2)nc1. The van der Waals surface area contributed by atoms with Crippen molar-refractivity contribution in [3.8, 4) is 0 Å². The lowest BCUT2D eigenvalue weighted by Gasteiger charge is -2.48. The summed E-state index contributed by atoms with van der Waals surface area (Å²) < 4.78 is 0. The first-order valence-electron chi connectivity index (χ1n) is 9.45. The van der Waals surface area contributed by atoms with E-state index in [1.165, 1.54) is 17.0 Å². The van der Waals surface area contributed by atoms with E-state index in [1.807, 2.05) is 24.0 Å². The average Bonchev–Trinajstić information content (AvgIpc) is 2.68. The third-order valence-corrected chi connectivity index (χ3v) is 6.69. The van der Waals surface area contributed by atoms with Crippen molar-refractivity contribution in [1.82, 2.24) is 20.1 Å². The van der Waals surface area contributed by atoms with Crippen LogP contribution < -0.4 is 9.80 Å². The highest BCUT2D eigenvalue weighted by Gasteiger charge is 2.34. The van der Waals surface area contributed by atoms with Crippen molar-refractivity contribution in [2.45, 2.75) is 18.2 Å². The number of thioether (sulfide) groups is 1. The van der Waals surface area contributed by atoms with E-state index in [0.29, 0.717) is 6.04 Å². The Morgan fingerprint density at radius 2 is 1.85 bits per heavy atom. The van der Waals surface area contributed by atoms with Crippen molar-refractivity contribution in [1.29, 1.82) is 0 Å². The molecule has 0 saturated carbocycles. The minimum Gasteiger partial charge on any atom is -0.354 e. The molecule has 0 atom stereocenters. The molecule has 136 valence electrons. The van der Waals surface area contributed by atoms with Gasteiger partial charge in [0, 0.05) is 63.7 Å². The maximum atomic E-state index is 4.48. The van der Waals surface area contributed by atoms with Gasteiger partial charge in [-0.15, -0.1) is 5.10 Å². The van der Waals surface area contributed by atoms with Gasteiger partial charge >= 0.3 is 0 Å². The maximum Gasteiger partial charge on any atom is 0.151 e. The Labute approximate surface area is 158 Å². The van der Waals surface area contributed by atoms with E-state index in [4.69, 9.17) is 0 Å². The van der Waals surface area contributed by atoms with Gasteiger partial charge in [0.25, 0.3) is 0 Å². The number of pyridine rings is 1. The zero-order valence-electron chi connectivity index (χ0n) is 14.9. The van der Waals surface area contributed by atoms with E-state index >= 15 is 0 Å². The largest absolute Gasteiger partial charge is 0.354 e. The Morgan fingerprint density at radius 1 is 0.962 bits per heavy atom. The molecule has 6 nitrogen and oxygen atoms in total. The lowest BCUT2D eigenvalue weighted by molar-refractivity contribution is 0.156. The van der Waals surface area contributed by atoms with Gasteiger partial charge in [-0.1, -0.05) is 6.07 Å². The molecule has 2 aromatic heterocycles. The summed E-state index contributed by atoms with van der Waals surface area (Å²) in [5.74, 6) is 4.43. The van der Waals surface area contributed by atoms with Gasteiger partial charge in [-0.25, -0.2) is 4.98 Å². The van der Waals surface area contributed by atoms with Crippen molar-refractivity contribution in [3.05, 3.63) is 41.7 Å². The third-order valence-electron chi connectivity index (χ3n) is 5.68. The van der Waals surface area contributed by atoms with Gasteiger partial charge in [0.2, 0.25) is 0 Å². The van der Waals surface area contributed by atoms with Crippen LogP contribution in [0.25, 0.3) is 0 Å². The molecule has 2 fully saturated rings. The molecule has 0 bridgehead atoms. The number of hydrogen-bond donors (Lipinski definition) is 0. The number of nitrogens with zero attached hydrogens (tertiary/aromatic N) is 6. The number of aromatic nitrogens is 3. The molecule has 0 aliphatic carbocycles. The fourth-order valence-corrected chi connectivity index (χ4v) is 4.97. The number of piperazine rings is 1. The van der Waals surface area contributed by atoms with Crippen LogP contribution in [0.5, 0.6) is 0 Å². The Hall–Kier alpha value is -1.86. The van der Waals surface area contributed by atoms with E-state index in [9.17, 15) is 0 Å². The molecule has 7 heteroatoms. The Morgan fingerprint density at radius 3 is 2.65 bits per heavy atom. The van der Waals surface area contributed by atoms with Gasteiger partial charge in [0.15, 0.2) is 5.82 Å². The van der Waals surface area contributed by atoms with Crippen LogP contribution in [-0.4, -0.2) is 71.1 Å². The van der Waals surface area contributed by atoms with Gasteiger partial charge in [-0.2, -0.15) is 16.9 Å². The van der Waals surface area contributed by atoms with Gasteiger partial charge in [-0.3, -0.25) is 4.90 Å². The predicted molar refractivity (Wildman–Crippen MR) is 106 cm³/mol. The van der Waals surface area contributed by atoms with Crippen LogP contribution in [-0.2, 0) is 12.2 Å². The topological polar surface area (TPSA) is 48.4 Å². The summed E-state index contributed by atoms with van der Waals surface area (Å²) in [7, 11) is 0. The van der Waals surface area contributed by atoms with E-state index < -0.39 is 0 Å². The number of fused-ring (bicyclic) bond motifs is 1. The van der Waals surface area contributed by atoms with E-state index in [-0.39, 0.29) is 0 Å². The maximum absolute atomic E-state index is 4.48. The highest BCUT2D eigenvalue weighted by molar-refractivity contribution is 7.98. The van der Waals surface area contributed by atoms with Crippen LogP contribution in [0.2, 0.25) is 0 Å². The minimum atomic E-state index is 0.646. The molecule has 0 aromatic carbocycles. The summed E-state index contributed by atoms with van der Waals surface area (Å²) in [5.41, 5.74) is 2.59. The second-order valence-corrected chi connectivity index (χ2v) is 8.35. The Kier molecular flexibility index (Phi) is 4.42. The first kappa shape index (κ1) is 16.3. The van der Waals surface area contributed by atoms with Crippen LogP contribution in [0.1, 0.15) is 11.3 Å². The number of anilines is 2. The minimum absolute atomic E-state index is 0.646. The summed E-state index contributed by atoms with van der Waals surface area (Å²) in [5, 5.41) is 8.95. The predicted octanol–water partition coefficient (Wildman–Crippen LogP) is 1.67. The molecule has 0 amide bonds. The quantitative estimate of drug-likeness (QED) is 0.817. The molecule has 2 saturated heterocycles. The van der Waals surface area contributed by atoms with E-state index in [0.717, 1.165) is 63.1 Å². The summed E-state index contributed by atoms with van der Waals surface area (Å²) >= 11 is 2.00. The van der Waals surface area contributed by atoms with Crippen molar-refractivity contribution < 1.29 is 0 Å². The van der Waals surface area contributed by atoms with E-state index in [2.05, 4.69) is 48.1 Å². The molecule has 0 unspecified atom stereocenters. The highest BCUT2D eigenvalue weighted by atomic mass is 32.2. The fraction of sp³-hybridized carbons (Fsp3) is 0.526. The van der Waals surface area contributed by atoms with E-state index in [1.54, 1.807) is 0 Å². The highest BCUT2D eigenvalue weighted by Crippen LogP contribution is 2.28. The normalized spacial score (nSPS) is 21.4. The molecular formula is C19H24N6S. The lowest BCUT2D eigenvalue weighted by atomic mass is 10.1. The first-order valence-corrected chi connectivity index (χ1v) is 10.6. The van der Waals surface area contributed by atoms with Crippen molar-refractivity contribution >= 4 is 23.4 Å². The van der Waals surface area contributed by atoms with Crippen molar-refractivity contribution in [2.24, 2.45) is 0 Å². The van der Waals surface area contributed by atoms with Gasteiger partial charge < -0.3 is 9.80 Å². The number of hydrogen-bond acceptors (Lipinski definition) is 7. The molecule has 3 aliphatic heterocycles. The van der Waals surface area contributed by atoms with Crippen molar-refractivity contribution in [3.63, 3.8) is 0 Å². The molecule has 0 radical (unpaired) electrons. The van der Waals surface area contributed by atoms with Crippen LogP contribution in [0.3, 0.4) is 0 Å². The molecule has 5 rings (SSSR count). The molecule has 26 heavy (non-hydrogen) atoms. The average molecular weight is 369 g/mol. The number of aryl methyl sites for hydroxylation is 1. The zero-order chi connectivity index (χ0) is 17.3. The summed E-state index contributed by atoms with van der Waals surface area (Å²) in [4.78, 5) is 11.9. The van der Waals surface area contributed by atoms with Crippen LogP contribution in [0.4, 0.5) is 11.6 Å². The van der Waals surface area contributed by atoms with Gasteiger partial charge in [0.1, 0.15) is 5.82 Å². The van der Waals surface area contributed by atoms with Crippen molar-refractivity contribution in [2.75, 3.05) is 54.8 Å². The molecule has 0 spiro atoms. The van der Waals surface area contributed by atoms with Gasteiger partial charge in [0.05, 0.1) is 5.69 Å². The molecular weight excluding hydrogens is 344 g/mol. The summed E-state index contributed by atoms with van der Waals surface area (Å²) in [6, 6.07) is 9.06. The number of rotatable bonds is 3. The second-order valence-electron chi connectivity index (χ2n) is 7.25. The first-order chi connectivity index (χ1) is 12.9. The lowest BCUT2D eigenvalue weighted by Crippen LogP contribution is -2.63. The third kappa shape index (κ3) is 3.14.